The highest BCUT2D eigenvalue weighted by Crippen LogP contribution is 2.17. The van der Waals surface area contributed by atoms with E-state index in [1.807, 2.05) is 24.3 Å². The molecule has 0 fully saturated rings. The second-order valence-electron chi connectivity index (χ2n) is 7.13. The molecule has 5 nitrogen and oxygen atoms in total. The summed E-state index contributed by atoms with van der Waals surface area (Å²) in [4.78, 5) is 14.4. The Bertz CT molecular complexity index is 910. The fourth-order valence-electron chi connectivity index (χ4n) is 3.17. The number of nitrogens with zero attached hydrogens (tertiary/aromatic N) is 1. The SMILES string of the molecule is COCCCNC(=O)c1ccc(CN(Cc2ccccc2)Cc2ccc(F)cc2)o1. The van der Waals surface area contributed by atoms with Crippen LogP contribution in [0.2, 0.25) is 0 Å². The third kappa shape index (κ3) is 6.83. The number of benzene rings is 2. The van der Waals surface area contributed by atoms with Gasteiger partial charge in [0.2, 0.25) is 0 Å². The standard InChI is InChI=1S/C24H27FN2O3/c1-29-15-5-14-26-24(28)23-13-12-22(30-23)18-27(16-19-6-3-2-4-7-19)17-20-8-10-21(25)11-9-20/h2-4,6-13H,5,14-18H2,1H3,(H,26,28). The Hall–Kier alpha value is -2.96. The van der Waals surface area contributed by atoms with Crippen LogP contribution in [0.3, 0.4) is 0 Å². The molecule has 0 saturated heterocycles. The van der Waals surface area contributed by atoms with Crippen molar-refractivity contribution in [3.05, 3.63) is 95.2 Å². The van der Waals surface area contributed by atoms with Crippen LogP contribution < -0.4 is 5.32 Å². The summed E-state index contributed by atoms with van der Waals surface area (Å²) in [6, 6.07) is 20.2. The summed E-state index contributed by atoms with van der Waals surface area (Å²) in [6.45, 7) is 3.00. The minimum absolute atomic E-state index is 0.231. The van der Waals surface area contributed by atoms with Gasteiger partial charge in [0, 0.05) is 33.4 Å². The number of rotatable bonds is 11. The molecule has 30 heavy (non-hydrogen) atoms. The fourth-order valence-corrected chi connectivity index (χ4v) is 3.17. The van der Waals surface area contributed by atoms with Crippen LogP contribution in [0.25, 0.3) is 0 Å². The molecule has 3 aromatic rings. The molecule has 0 bridgehead atoms. The molecular formula is C24H27FN2O3. The van der Waals surface area contributed by atoms with Crippen LogP contribution in [0.5, 0.6) is 0 Å². The number of ether oxygens (including phenoxy) is 1. The number of furan rings is 1. The Labute approximate surface area is 176 Å². The van der Waals surface area contributed by atoms with Crippen molar-refractivity contribution in [3.63, 3.8) is 0 Å². The van der Waals surface area contributed by atoms with Gasteiger partial charge in [-0.3, -0.25) is 9.69 Å². The topological polar surface area (TPSA) is 54.7 Å². The zero-order valence-electron chi connectivity index (χ0n) is 17.1. The Morgan fingerprint density at radius 1 is 0.967 bits per heavy atom. The van der Waals surface area contributed by atoms with E-state index in [0.717, 1.165) is 12.0 Å². The maximum Gasteiger partial charge on any atom is 0.286 e. The van der Waals surface area contributed by atoms with Gasteiger partial charge in [-0.05, 0) is 41.8 Å². The highest BCUT2D eigenvalue weighted by Gasteiger charge is 2.14. The van der Waals surface area contributed by atoms with Gasteiger partial charge in [-0.15, -0.1) is 0 Å². The lowest BCUT2D eigenvalue weighted by Crippen LogP contribution is -2.25. The Balaban J connectivity index is 1.65. The Kier molecular flexibility index (Phi) is 8.18. The summed E-state index contributed by atoms with van der Waals surface area (Å²) in [5, 5.41) is 2.82. The zero-order valence-corrected chi connectivity index (χ0v) is 17.1. The van der Waals surface area contributed by atoms with E-state index in [-0.39, 0.29) is 11.7 Å². The first-order valence-electron chi connectivity index (χ1n) is 10.0. The zero-order chi connectivity index (χ0) is 21.2. The Morgan fingerprint density at radius 2 is 1.67 bits per heavy atom. The molecule has 1 heterocycles. The predicted octanol–water partition coefficient (Wildman–Crippen LogP) is 4.39. The molecule has 0 spiro atoms. The van der Waals surface area contributed by atoms with E-state index in [9.17, 15) is 9.18 Å². The minimum atomic E-state index is -0.249. The highest BCUT2D eigenvalue weighted by atomic mass is 19.1. The van der Waals surface area contributed by atoms with Crippen LogP contribution in [0.4, 0.5) is 4.39 Å². The van der Waals surface area contributed by atoms with Gasteiger partial charge in [-0.25, -0.2) is 4.39 Å². The van der Waals surface area contributed by atoms with E-state index in [1.165, 1.54) is 17.7 Å². The summed E-state index contributed by atoms with van der Waals surface area (Å²) < 4.78 is 24.0. The van der Waals surface area contributed by atoms with Crippen molar-refractivity contribution in [1.29, 1.82) is 0 Å². The molecule has 158 valence electrons. The van der Waals surface area contributed by atoms with E-state index in [2.05, 4.69) is 22.3 Å². The van der Waals surface area contributed by atoms with E-state index in [4.69, 9.17) is 9.15 Å². The average Bonchev–Trinajstić information content (AvgIpc) is 3.22. The van der Waals surface area contributed by atoms with E-state index < -0.39 is 0 Å². The van der Waals surface area contributed by atoms with Gasteiger partial charge in [-0.2, -0.15) is 0 Å². The minimum Gasteiger partial charge on any atom is -0.455 e. The molecule has 1 amide bonds. The van der Waals surface area contributed by atoms with Crippen LogP contribution in [0, 0.1) is 5.82 Å². The number of hydrogen-bond acceptors (Lipinski definition) is 4. The summed E-state index contributed by atoms with van der Waals surface area (Å²) in [7, 11) is 1.63. The molecule has 0 aliphatic heterocycles. The number of hydrogen-bond donors (Lipinski definition) is 1. The second kappa shape index (κ2) is 11.3. The van der Waals surface area contributed by atoms with E-state index in [0.29, 0.717) is 44.3 Å². The normalized spacial score (nSPS) is 11.0. The largest absolute Gasteiger partial charge is 0.455 e. The van der Waals surface area contributed by atoms with Crippen molar-refractivity contribution in [3.8, 4) is 0 Å². The van der Waals surface area contributed by atoms with Crippen molar-refractivity contribution < 1.29 is 18.3 Å². The second-order valence-corrected chi connectivity index (χ2v) is 7.13. The number of carbonyl (C=O) groups is 1. The molecule has 1 aromatic heterocycles. The van der Waals surface area contributed by atoms with Gasteiger partial charge in [0.05, 0.1) is 6.54 Å². The molecule has 0 unspecified atom stereocenters. The molecule has 0 aliphatic carbocycles. The van der Waals surface area contributed by atoms with Crippen molar-refractivity contribution in [2.24, 2.45) is 0 Å². The lowest BCUT2D eigenvalue weighted by atomic mass is 10.1. The summed E-state index contributed by atoms with van der Waals surface area (Å²) in [6.07, 6.45) is 0.748. The highest BCUT2D eigenvalue weighted by molar-refractivity contribution is 5.91. The van der Waals surface area contributed by atoms with Gasteiger partial charge in [-0.1, -0.05) is 42.5 Å². The van der Waals surface area contributed by atoms with Crippen LogP contribution in [-0.2, 0) is 24.4 Å². The van der Waals surface area contributed by atoms with E-state index in [1.54, 1.807) is 25.3 Å². The summed E-state index contributed by atoms with van der Waals surface area (Å²) in [5.41, 5.74) is 2.18. The van der Waals surface area contributed by atoms with Crippen molar-refractivity contribution in [2.45, 2.75) is 26.1 Å². The molecule has 0 saturated carbocycles. The number of methoxy groups -OCH3 is 1. The van der Waals surface area contributed by atoms with Gasteiger partial charge in [0.1, 0.15) is 11.6 Å². The van der Waals surface area contributed by atoms with Gasteiger partial charge in [0.15, 0.2) is 5.76 Å². The van der Waals surface area contributed by atoms with Crippen molar-refractivity contribution >= 4 is 5.91 Å². The molecule has 3 rings (SSSR count). The molecule has 6 heteroatoms. The first-order chi connectivity index (χ1) is 14.6. The average molecular weight is 410 g/mol. The quantitative estimate of drug-likeness (QED) is 0.477. The summed E-state index contributed by atoms with van der Waals surface area (Å²) in [5.74, 6) is 0.519. The number of halogens is 1. The van der Waals surface area contributed by atoms with Gasteiger partial charge < -0.3 is 14.5 Å². The third-order valence-electron chi connectivity index (χ3n) is 4.64. The monoisotopic (exact) mass is 410 g/mol. The molecule has 0 aliphatic rings. The van der Waals surface area contributed by atoms with Crippen LogP contribution in [-0.4, -0.2) is 31.1 Å². The lowest BCUT2D eigenvalue weighted by molar-refractivity contribution is 0.0916. The molecule has 0 atom stereocenters. The first kappa shape index (κ1) is 21.7. The number of nitrogens with one attached hydrogen (secondary N) is 1. The lowest BCUT2D eigenvalue weighted by Gasteiger charge is -2.21. The molecule has 2 aromatic carbocycles. The van der Waals surface area contributed by atoms with E-state index >= 15 is 0 Å². The molecule has 0 radical (unpaired) electrons. The third-order valence-corrected chi connectivity index (χ3v) is 4.64. The first-order valence-corrected chi connectivity index (χ1v) is 10.0. The van der Waals surface area contributed by atoms with Crippen molar-refractivity contribution in [1.82, 2.24) is 10.2 Å². The van der Waals surface area contributed by atoms with Crippen LogP contribution >= 0.6 is 0 Å². The number of amides is 1. The maximum absolute atomic E-state index is 13.3. The van der Waals surface area contributed by atoms with Crippen LogP contribution in [0.1, 0.15) is 33.9 Å². The predicted molar refractivity (Wildman–Crippen MR) is 113 cm³/mol. The number of carbonyl (C=O) groups excluding carboxylic acids is 1. The molecular weight excluding hydrogens is 383 g/mol. The molecule has 1 N–H and O–H groups in total. The van der Waals surface area contributed by atoms with Crippen molar-refractivity contribution in [2.75, 3.05) is 20.3 Å². The Morgan fingerprint density at radius 3 is 2.37 bits per heavy atom. The smallest absolute Gasteiger partial charge is 0.286 e. The summed E-state index contributed by atoms with van der Waals surface area (Å²) >= 11 is 0. The van der Waals surface area contributed by atoms with Crippen LogP contribution in [0.15, 0.2) is 71.1 Å². The maximum atomic E-state index is 13.3. The van der Waals surface area contributed by atoms with Gasteiger partial charge >= 0.3 is 0 Å². The van der Waals surface area contributed by atoms with Gasteiger partial charge in [0.25, 0.3) is 5.91 Å². The fraction of sp³-hybridized carbons (Fsp3) is 0.292.